The summed E-state index contributed by atoms with van der Waals surface area (Å²) < 4.78 is 34.6. The highest BCUT2D eigenvalue weighted by Crippen LogP contribution is 2.62. The van der Waals surface area contributed by atoms with Crippen LogP contribution in [0.3, 0.4) is 0 Å². The van der Waals surface area contributed by atoms with Crippen molar-refractivity contribution in [1.29, 1.82) is 0 Å². The molecule has 0 amide bonds. The third-order valence-electron chi connectivity index (χ3n) is 17.4. The summed E-state index contributed by atoms with van der Waals surface area (Å²) in [5.74, 6) is 0.441. The summed E-state index contributed by atoms with van der Waals surface area (Å²) in [7, 11) is 0. The molecule has 2 saturated carbocycles. The van der Waals surface area contributed by atoms with Crippen molar-refractivity contribution >= 4 is 28.2 Å². The molecule has 350 valence electrons. The van der Waals surface area contributed by atoms with E-state index in [1.54, 1.807) is 0 Å². The number of halogens is 2. The highest BCUT2D eigenvalue weighted by atomic mass is 79.9. The molecular weight excluding hydrogens is 896 g/mol. The molecule has 10 heterocycles. The topological polar surface area (TPSA) is 120 Å². The second-order valence-electron chi connectivity index (χ2n) is 21.0. The van der Waals surface area contributed by atoms with Gasteiger partial charge in [0.25, 0.3) is 0 Å². The lowest BCUT2D eigenvalue weighted by Crippen LogP contribution is -3.00. The molecule has 1 aromatic carbocycles. The number of ether oxygens (including phenoxy) is 5. The molecule has 16 heteroatoms. The van der Waals surface area contributed by atoms with Crippen molar-refractivity contribution in [2.45, 2.75) is 141 Å². The molecule has 63 heavy (non-hydrogen) atoms. The molecule has 13 rings (SSSR count). The molecular formula is C47H68BrClN4O10. The Bertz CT molecular complexity index is 1990. The van der Waals surface area contributed by atoms with Gasteiger partial charge in [-0.05, 0) is 100 Å². The SMILES string of the molecule is C[C@H]1[C@@H](O[N+]2(CCO[C@H]3O[C@H]4O[C@]5(C)CC[C@H]6[C@H](C)CC[C@@H]([C@H]3C)[C@@]46OO5)CCN(CCNc3ccnc4cc(Cl)ccc34)CC2)O[C@@H]2O[C@]3(C)CC[C@H]4[C@H](C)CC[C@@H]1[C@@]24OO3.[Br-]. The van der Waals surface area contributed by atoms with Crippen molar-refractivity contribution in [2.75, 3.05) is 57.7 Å². The zero-order valence-corrected chi connectivity index (χ0v) is 40.2. The lowest BCUT2D eigenvalue weighted by molar-refractivity contribution is -1.12. The number of rotatable bonds is 10. The van der Waals surface area contributed by atoms with Gasteiger partial charge in [-0.2, -0.15) is 9.48 Å². The highest BCUT2D eigenvalue weighted by Gasteiger charge is 2.71. The number of hydrogen-bond donors (Lipinski definition) is 1. The number of nitrogens with zero attached hydrogens (tertiary/aromatic N) is 3. The molecule has 1 N–H and O–H groups in total. The fourth-order valence-electron chi connectivity index (χ4n) is 13.7. The van der Waals surface area contributed by atoms with Crippen LogP contribution in [0.2, 0.25) is 5.02 Å². The molecule has 11 aliphatic rings. The predicted molar refractivity (Wildman–Crippen MR) is 227 cm³/mol. The molecule has 4 bridgehead atoms. The normalized spacial score (nSPS) is 46.3. The lowest BCUT2D eigenvalue weighted by Gasteiger charge is -2.60. The quantitative estimate of drug-likeness (QED) is 0.260. The molecule has 0 unspecified atom stereocenters. The Morgan fingerprint density at radius 1 is 0.778 bits per heavy atom. The van der Waals surface area contributed by atoms with Crippen LogP contribution in [0.25, 0.3) is 10.9 Å². The van der Waals surface area contributed by atoms with Crippen LogP contribution in [0.1, 0.15) is 92.9 Å². The Morgan fingerprint density at radius 2 is 1.38 bits per heavy atom. The molecule has 0 radical (unpaired) electrons. The maximum absolute atomic E-state index is 7.40. The van der Waals surface area contributed by atoms with Crippen LogP contribution in [0.4, 0.5) is 5.69 Å². The Hall–Kier alpha value is -1.28. The summed E-state index contributed by atoms with van der Waals surface area (Å²) in [6.07, 6.45) is 7.67. The smallest absolute Gasteiger partial charge is 0.220 e. The Morgan fingerprint density at radius 3 is 2.02 bits per heavy atom. The van der Waals surface area contributed by atoms with E-state index in [9.17, 15) is 0 Å². The first-order valence-corrected chi connectivity index (χ1v) is 24.3. The summed E-state index contributed by atoms with van der Waals surface area (Å²) in [6.45, 7) is 19.3. The Labute approximate surface area is 387 Å². The fourth-order valence-corrected chi connectivity index (χ4v) is 13.9. The number of pyridine rings is 1. The zero-order chi connectivity index (χ0) is 42.6. The Kier molecular flexibility index (Phi) is 12.3. The van der Waals surface area contributed by atoms with Crippen molar-refractivity contribution in [1.82, 2.24) is 9.88 Å². The molecule has 2 aromatic rings. The highest BCUT2D eigenvalue weighted by molar-refractivity contribution is 6.31. The van der Waals surface area contributed by atoms with Gasteiger partial charge in [-0.15, -0.1) is 0 Å². The van der Waals surface area contributed by atoms with Crippen LogP contribution in [-0.2, 0) is 48.1 Å². The monoisotopic (exact) mass is 962 g/mol. The van der Waals surface area contributed by atoms with Gasteiger partial charge >= 0.3 is 0 Å². The van der Waals surface area contributed by atoms with E-state index in [-0.39, 0.29) is 40.7 Å². The van der Waals surface area contributed by atoms with E-state index in [0.29, 0.717) is 46.5 Å². The van der Waals surface area contributed by atoms with Crippen molar-refractivity contribution in [3.63, 3.8) is 0 Å². The summed E-state index contributed by atoms with van der Waals surface area (Å²) in [4.78, 5) is 39.6. The largest absolute Gasteiger partial charge is 1.00 e. The van der Waals surface area contributed by atoms with Crippen molar-refractivity contribution in [3.05, 3.63) is 35.5 Å². The van der Waals surface area contributed by atoms with Gasteiger partial charge in [-0.25, -0.2) is 19.6 Å². The average molecular weight is 964 g/mol. The maximum Gasteiger partial charge on any atom is 0.220 e. The molecule has 9 saturated heterocycles. The third-order valence-corrected chi connectivity index (χ3v) is 17.6. The van der Waals surface area contributed by atoms with E-state index >= 15 is 0 Å². The first-order valence-electron chi connectivity index (χ1n) is 23.9. The third kappa shape index (κ3) is 7.62. The first-order chi connectivity index (χ1) is 29.8. The number of hydroxylamine groups is 3. The number of quaternary nitrogens is 1. The molecule has 11 fully saturated rings. The van der Waals surface area contributed by atoms with Gasteiger partial charge in [0.15, 0.2) is 30.1 Å². The predicted octanol–water partition coefficient (Wildman–Crippen LogP) is 4.80. The summed E-state index contributed by atoms with van der Waals surface area (Å²) in [5.41, 5.74) is 0.675. The van der Waals surface area contributed by atoms with E-state index in [2.05, 4.69) is 42.9 Å². The van der Waals surface area contributed by atoms with Crippen molar-refractivity contribution in [3.8, 4) is 0 Å². The number of aromatic nitrogens is 1. The van der Waals surface area contributed by atoms with Crippen LogP contribution in [0, 0.1) is 47.3 Å². The van der Waals surface area contributed by atoms with Gasteiger partial charge in [-0.1, -0.05) is 39.3 Å². The van der Waals surface area contributed by atoms with E-state index in [4.69, 9.17) is 59.7 Å². The van der Waals surface area contributed by atoms with Gasteiger partial charge in [0, 0.05) is 71.9 Å². The number of piperazine rings is 1. The minimum Gasteiger partial charge on any atom is -1.00 e. The number of anilines is 1. The Balaban J connectivity index is 0.00000471. The van der Waals surface area contributed by atoms with Crippen LogP contribution in [0.15, 0.2) is 30.5 Å². The average Bonchev–Trinajstić information content (AvgIpc) is 3.63. The zero-order valence-electron chi connectivity index (χ0n) is 37.8. The summed E-state index contributed by atoms with van der Waals surface area (Å²) in [5, 5.41) is 5.42. The van der Waals surface area contributed by atoms with E-state index in [1.165, 1.54) is 0 Å². The molecule has 14 nitrogen and oxygen atoms in total. The van der Waals surface area contributed by atoms with Gasteiger partial charge in [0.2, 0.25) is 17.9 Å². The molecule has 9 aliphatic heterocycles. The second-order valence-corrected chi connectivity index (χ2v) is 21.5. The van der Waals surface area contributed by atoms with Crippen LogP contribution in [-0.4, -0.2) is 115 Å². The van der Waals surface area contributed by atoms with E-state index < -0.39 is 47.9 Å². The van der Waals surface area contributed by atoms with Crippen molar-refractivity contribution in [2.24, 2.45) is 47.3 Å². The number of fused-ring (bicyclic) bond motifs is 5. The van der Waals surface area contributed by atoms with Gasteiger partial charge in [-0.3, -0.25) is 9.88 Å². The first kappa shape index (κ1) is 45.5. The van der Waals surface area contributed by atoms with Gasteiger partial charge < -0.3 is 46.0 Å². The van der Waals surface area contributed by atoms with Gasteiger partial charge in [0.05, 0.1) is 18.6 Å². The molecule has 2 spiro atoms. The van der Waals surface area contributed by atoms with Crippen LogP contribution in [0.5, 0.6) is 0 Å². The molecule has 2 aliphatic carbocycles. The number of benzene rings is 1. The number of hydrogen-bond acceptors (Lipinski definition) is 13. The maximum atomic E-state index is 7.40. The minimum absolute atomic E-state index is 0. The van der Waals surface area contributed by atoms with Gasteiger partial charge in [0.1, 0.15) is 26.2 Å². The van der Waals surface area contributed by atoms with Crippen molar-refractivity contribution < 1.29 is 69.7 Å². The molecule has 16 atom stereocenters. The van der Waals surface area contributed by atoms with Crippen LogP contribution >= 0.6 is 11.6 Å². The standard InChI is InChI=1S/C47H68ClN4O10.BrH/c1-28-7-11-36-30(3)40(54-42-46(36)34(28)13-16-44(5,56-42)59-61-46)53-26-25-52(23-21-51(22-24-52)20-19-50-38-15-18-49-39-27-32(48)9-10-33(38)39)58-41-31(4)37-12-8-29(2)35-14-17-45(6)57-43(55-41)47(35,37)62-60-45;/h9-10,15,18,27-31,34-37,40-43H,7-8,11-14,16-17,19-26H2,1-6H3,(H,49,50);1H/q+1;/p-1/t28-,29-,30-,31-,34+,35+,36+,37+,40+,41-,42+,43-,44+,45+,46-,47-;/m1./s1. The van der Waals surface area contributed by atoms with Crippen LogP contribution < -0.4 is 22.3 Å². The summed E-state index contributed by atoms with van der Waals surface area (Å²) >= 11 is 6.27. The summed E-state index contributed by atoms with van der Waals surface area (Å²) in [6, 6.07) is 7.90. The second kappa shape index (κ2) is 17.0. The fraction of sp³-hybridized carbons (Fsp3) is 0.809. The van der Waals surface area contributed by atoms with E-state index in [1.807, 2.05) is 44.3 Å². The van der Waals surface area contributed by atoms with E-state index in [0.717, 1.165) is 107 Å². The minimum atomic E-state index is -0.848. The lowest BCUT2D eigenvalue weighted by atomic mass is 9.58. The number of nitrogens with one attached hydrogen (secondary N) is 1. The molecule has 1 aromatic heterocycles.